The molecule has 0 aromatic heterocycles. The molecule has 1 aliphatic heterocycles. The standard InChI is InChI=1S/C9H18N2O2/c1-13-9(12)6-8(10)7-11-4-2-3-5-11/h8H,2-7,10H2,1H3/t8-/m0/s1. The summed E-state index contributed by atoms with van der Waals surface area (Å²) < 4.78 is 4.55. The summed E-state index contributed by atoms with van der Waals surface area (Å²) in [6.45, 7) is 3.05. The van der Waals surface area contributed by atoms with Crippen molar-refractivity contribution in [3.63, 3.8) is 0 Å². The van der Waals surface area contributed by atoms with Crippen molar-refractivity contribution in [2.45, 2.75) is 25.3 Å². The first-order valence-electron chi connectivity index (χ1n) is 4.77. The van der Waals surface area contributed by atoms with Gasteiger partial charge in [-0.25, -0.2) is 0 Å². The number of methoxy groups -OCH3 is 1. The molecule has 4 nitrogen and oxygen atoms in total. The fourth-order valence-corrected chi connectivity index (χ4v) is 1.66. The lowest BCUT2D eigenvalue weighted by molar-refractivity contribution is -0.141. The smallest absolute Gasteiger partial charge is 0.307 e. The first-order valence-corrected chi connectivity index (χ1v) is 4.77. The largest absolute Gasteiger partial charge is 0.469 e. The number of ether oxygens (including phenoxy) is 1. The molecule has 0 aromatic rings. The van der Waals surface area contributed by atoms with Crippen molar-refractivity contribution >= 4 is 5.97 Å². The van der Waals surface area contributed by atoms with E-state index in [2.05, 4.69) is 9.64 Å². The van der Waals surface area contributed by atoms with Gasteiger partial charge in [-0.15, -0.1) is 0 Å². The Kier molecular flexibility index (Phi) is 4.18. The maximum atomic E-state index is 10.9. The normalized spacial score (nSPS) is 20.2. The van der Waals surface area contributed by atoms with Gasteiger partial charge in [0.05, 0.1) is 13.5 Å². The van der Waals surface area contributed by atoms with Crippen molar-refractivity contribution in [2.75, 3.05) is 26.7 Å². The van der Waals surface area contributed by atoms with Crippen LogP contribution in [0.15, 0.2) is 0 Å². The first-order chi connectivity index (χ1) is 6.22. The lowest BCUT2D eigenvalue weighted by Crippen LogP contribution is -2.37. The monoisotopic (exact) mass is 186 g/mol. The van der Waals surface area contributed by atoms with Crippen LogP contribution in [0.1, 0.15) is 19.3 Å². The van der Waals surface area contributed by atoms with Gasteiger partial charge in [0.15, 0.2) is 0 Å². The molecular formula is C9H18N2O2. The second-order valence-electron chi connectivity index (χ2n) is 3.55. The lowest BCUT2D eigenvalue weighted by Gasteiger charge is -2.18. The van der Waals surface area contributed by atoms with Crippen LogP contribution in [0.4, 0.5) is 0 Å². The summed E-state index contributed by atoms with van der Waals surface area (Å²) in [5, 5.41) is 0. The zero-order valence-electron chi connectivity index (χ0n) is 8.16. The number of nitrogens with two attached hydrogens (primary N) is 1. The van der Waals surface area contributed by atoms with Gasteiger partial charge in [-0.1, -0.05) is 0 Å². The molecule has 0 radical (unpaired) electrons. The minimum Gasteiger partial charge on any atom is -0.469 e. The van der Waals surface area contributed by atoms with Crippen LogP contribution in [0.2, 0.25) is 0 Å². The molecule has 1 aliphatic rings. The zero-order chi connectivity index (χ0) is 9.68. The van der Waals surface area contributed by atoms with Crippen molar-refractivity contribution in [1.82, 2.24) is 4.90 Å². The van der Waals surface area contributed by atoms with Crippen LogP contribution in [-0.2, 0) is 9.53 Å². The van der Waals surface area contributed by atoms with Crippen LogP contribution in [0.5, 0.6) is 0 Å². The molecule has 4 heteroatoms. The molecule has 0 spiro atoms. The zero-order valence-corrected chi connectivity index (χ0v) is 8.16. The predicted molar refractivity (Wildman–Crippen MR) is 50.3 cm³/mol. The average molecular weight is 186 g/mol. The van der Waals surface area contributed by atoms with E-state index in [1.54, 1.807) is 0 Å². The summed E-state index contributed by atoms with van der Waals surface area (Å²) >= 11 is 0. The van der Waals surface area contributed by atoms with Crippen molar-refractivity contribution in [3.8, 4) is 0 Å². The summed E-state index contributed by atoms with van der Waals surface area (Å²) in [7, 11) is 1.39. The van der Waals surface area contributed by atoms with Gasteiger partial charge < -0.3 is 15.4 Å². The van der Waals surface area contributed by atoms with E-state index in [9.17, 15) is 4.79 Å². The van der Waals surface area contributed by atoms with Crippen LogP contribution in [0, 0.1) is 0 Å². The molecule has 1 fully saturated rings. The molecule has 1 atom stereocenters. The second kappa shape index (κ2) is 5.19. The predicted octanol–water partition coefficient (Wildman–Crippen LogP) is -0.0274. The van der Waals surface area contributed by atoms with Gasteiger partial charge in [-0.05, 0) is 25.9 Å². The number of likely N-dealkylation sites (tertiary alicyclic amines) is 1. The van der Waals surface area contributed by atoms with E-state index in [1.165, 1.54) is 20.0 Å². The summed E-state index contributed by atoms with van der Waals surface area (Å²) in [5.74, 6) is -0.216. The van der Waals surface area contributed by atoms with Crippen molar-refractivity contribution in [3.05, 3.63) is 0 Å². The van der Waals surface area contributed by atoms with E-state index in [4.69, 9.17) is 5.73 Å². The third kappa shape index (κ3) is 3.74. The Balaban J connectivity index is 2.16. The van der Waals surface area contributed by atoms with E-state index in [0.717, 1.165) is 19.6 Å². The lowest BCUT2D eigenvalue weighted by atomic mass is 10.2. The van der Waals surface area contributed by atoms with Gasteiger partial charge in [0.1, 0.15) is 0 Å². The Morgan fingerprint density at radius 3 is 2.69 bits per heavy atom. The SMILES string of the molecule is COC(=O)C[C@H](N)CN1CCCC1. The summed E-state index contributed by atoms with van der Waals surface area (Å²) in [6.07, 6.45) is 2.84. The maximum absolute atomic E-state index is 10.9. The van der Waals surface area contributed by atoms with E-state index < -0.39 is 0 Å². The molecule has 1 saturated heterocycles. The van der Waals surface area contributed by atoms with Gasteiger partial charge in [0, 0.05) is 12.6 Å². The molecule has 0 unspecified atom stereocenters. The number of carbonyl (C=O) groups is 1. The summed E-state index contributed by atoms with van der Waals surface area (Å²) in [6, 6.07) is -0.0782. The Morgan fingerprint density at radius 1 is 1.54 bits per heavy atom. The molecule has 0 aromatic carbocycles. The van der Waals surface area contributed by atoms with Crippen LogP contribution >= 0.6 is 0 Å². The molecule has 0 saturated carbocycles. The van der Waals surface area contributed by atoms with Crippen LogP contribution in [0.3, 0.4) is 0 Å². The van der Waals surface area contributed by atoms with Crippen LogP contribution in [0.25, 0.3) is 0 Å². The third-order valence-corrected chi connectivity index (χ3v) is 2.35. The highest BCUT2D eigenvalue weighted by Gasteiger charge is 2.16. The number of nitrogens with zero attached hydrogens (tertiary/aromatic N) is 1. The highest BCUT2D eigenvalue weighted by Crippen LogP contribution is 2.08. The van der Waals surface area contributed by atoms with E-state index in [-0.39, 0.29) is 12.0 Å². The van der Waals surface area contributed by atoms with Crippen molar-refractivity contribution in [2.24, 2.45) is 5.73 Å². The van der Waals surface area contributed by atoms with Crippen LogP contribution in [-0.4, -0.2) is 43.7 Å². The second-order valence-corrected chi connectivity index (χ2v) is 3.55. The first kappa shape index (κ1) is 10.5. The average Bonchev–Trinajstić information content (AvgIpc) is 2.56. The Labute approximate surface area is 79.0 Å². The number of carbonyl (C=O) groups excluding carboxylic acids is 1. The minimum absolute atomic E-state index is 0.0782. The third-order valence-electron chi connectivity index (χ3n) is 2.35. The number of hydrogen-bond acceptors (Lipinski definition) is 4. The fourth-order valence-electron chi connectivity index (χ4n) is 1.66. The van der Waals surface area contributed by atoms with Gasteiger partial charge >= 0.3 is 5.97 Å². The molecule has 2 N–H and O–H groups in total. The summed E-state index contributed by atoms with van der Waals surface area (Å²) in [5.41, 5.74) is 5.79. The molecule has 13 heavy (non-hydrogen) atoms. The quantitative estimate of drug-likeness (QED) is 0.627. The van der Waals surface area contributed by atoms with Gasteiger partial charge in [-0.3, -0.25) is 4.79 Å². The molecule has 76 valence electrons. The Morgan fingerprint density at radius 2 is 2.15 bits per heavy atom. The molecule has 0 aliphatic carbocycles. The molecular weight excluding hydrogens is 168 g/mol. The Hall–Kier alpha value is -0.610. The Bertz CT molecular complexity index is 167. The van der Waals surface area contributed by atoms with Gasteiger partial charge in [0.2, 0.25) is 0 Å². The molecule has 1 rings (SSSR count). The van der Waals surface area contributed by atoms with Gasteiger partial charge in [0.25, 0.3) is 0 Å². The van der Waals surface area contributed by atoms with Crippen molar-refractivity contribution in [1.29, 1.82) is 0 Å². The number of hydrogen-bond donors (Lipinski definition) is 1. The maximum Gasteiger partial charge on any atom is 0.307 e. The highest BCUT2D eigenvalue weighted by atomic mass is 16.5. The number of esters is 1. The van der Waals surface area contributed by atoms with E-state index in [1.807, 2.05) is 0 Å². The topological polar surface area (TPSA) is 55.6 Å². The molecule has 0 bridgehead atoms. The number of rotatable bonds is 4. The van der Waals surface area contributed by atoms with Gasteiger partial charge in [-0.2, -0.15) is 0 Å². The van der Waals surface area contributed by atoms with Crippen LogP contribution < -0.4 is 5.73 Å². The molecule has 1 heterocycles. The van der Waals surface area contributed by atoms with E-state index in [0.29, 0.717) is 6.42 Å². The minimum atomic E-state index is -0.216. The van der Waals surface area contributed by atoms with Crippen molar-refractivity contribution < 1.29 is 9.53 Å². The highest BCUT2D eigenvalue weighted by molar-refractivity contribution is 5.69. The fraction of sp³-hybridized carbons (Fsp3) is 0.889. The molecule has 0 amide bonds. The van der Waals surface area contributed by atoms with E-state index >= 15 is 0 Å². The summed E-state index contributed by atoms with van der Waals surface area (Å²) in [4.78, 5) is 13.2.